The highest BCUT2D eigenvalue weighted by Gasteiger charge is 2.64. The van der Waals surface area contributed by atoms with Crippen LogP contribution in [-0.4, -0.2) is 29.1 Å². The van der Waals surface area contributed by atoms with Gasteiger partial charge in [0.1, 0.15) is 0 Å². The number of carbonyl (C=O) groups excluding carboxylic acids is 1. The minimum atomic E-state index is -0.0269. The molecule has 0 aromatic rings. The van der Waals surface area contributed by atoms with E-state index in [9.17, 15) is 4.79 Å². The lowest BCUT2D eigenvalue weighted by molar-refractivity contribution is -0.139. The van der Waals surface area contributed by atoms with Gasteiger partial charge in [-0.25, -0.2) is 0 Å². The maximum Gasteiger partial charge on any atom is 0.241 e. The van der Waals surface area contributed by atoms with Crippen LogP contribution in [-0.2, 0) is 4.79 Å². The van der Waals surface area contributed by atoms with Gasteiger partial charge in [-0.1, -0.05) is 34.6 Å². The number of fused-ring (bicyclic) bond motifs is 2. The molecule has 3 rings (SSSR count). The molecule has 20 heavy (non-hydrogen) atoms. The van der Waals surface area contributed by atoms with Crippen molar-refractivity contribution in [1.29, 1.82) is 0 Å². The molecule has 3 nitrogen and oxygen atoms in total. The quantitative estimate of drug-likeness (QED) is 0.842. The molecule has 3 aliphatic rings. The normalized spacial score (nSPS) is 46.8. The molecule has 0 aromatic heterocycles. The molecule has 114 valence electrons. The van der Waals surface area contributed by atoms with Gasteiger partial charge in [0.25, 0.3) is 0 Å². The van der Waals surface area contributed by atoms with E-state index in [1.165, 1.54) is 19.3 Å². The van der Waals surface area contributed by atoms with Crippen molar-refractivity contribution in [3.63, 3.8) is 0 Å². The Morgan fingerprint density at radius 3 is 2.45 bits per heavy atom. The Balaban J connectivity index is 2.00. The maximum atomic E-state index is 12.8. The van der Waals surface area contributed by atoms with Gasteiger partial charge >= 0.3 is 0 Å². The van der Waals surface area contributed by atoms with Crippen LogP contribution in [0.4, 0.5) is 0 Å². The van der Waals surface area contributed by atoms with Gasteiger partial charge in [0.05, 0.1) is 12.2 Å². The topological polar surface area (TPSA) is 32.3 Å². The number of nitrogens with one attached hydrogen (secondary N) is 1. The molecule has 2 saturated carbocycles. The van der Waals surface area contributed by atoms with Gasteiger partial charge in [0.2, 0.25) is 5.91 Å². The molecule has 0 spiro atoms. The van der Waals surface area contributed by atoms with Crippen LogP contribution in [0, 0.1) is 22.7 Å². The molecule has 1 amide bonds. The van der Waals surface area contributed by atoms with E-state index in [0.29, 0.717) is 23.3 Å². The molecule has 1 heterocycles. The van der Waals surface area contributed by atoms with E-state index in [2.05, 4.69) is 44.8 Å². The van der Waals surface area contributed by atoms with Crippen molar-refractivity contribution in [3.05, 3.63) is 0 Å². The Morgan fingerprint density at radius 2 is 1.95 bits per heavy atom. The van der Waals surface area contributed by atoms with Crippen molar-refractivity contribution in [2.75, 3.05) is 0 Å². The first kappa shape index (κ1) is 14.4. The first-order valence-electron chi connectivity index (χ1n) is 8.27. The molecular weight excluding hydrogens is 248 g/mol. The summed E-state index contributed by atoms with van der Waals surface area (Å²) >= 11 is 0. The Morgan fingerprint density at radius 1 is 1.30 bits per heavy atom. The lowest BCUT2D eigenvalue weighted by Gasteiger charge is -2.50. The average Bonchev–Trinajstić information content (AvgIpc) is 2.90. The summed E-state index contributed by atoms with van der Waals surface area (Å²) in [5.41, 5.74) is 0.574. The Kier molecular flexibility index (Phi) is 3.03. The Bertz CT molecular complexity index is 426. The van der Waals surface area contributed by atoms with Crippen molar-refractivity contribution in [2.45, 2.75) is 79.1 Å². The summed E-state index contributed by atoms with van der Waals surface area (Å²) in [5.74, 6) is 1.56. The van der Waals surface area contributed by atoms with Crippen molar-refractivity contribution >= 4 is 5.91 Å². The fourth-order valence-corrected chi connectivity index (χ4v) is 5.54. The fraction of sp³-hybridized carbons (Fsp3) is 0.941. The Hall–Kier alpha value is -0.570. The fourth-order valence-electron chi connectivity index (χ4n) is 5.54. The molecule has 5 unspecified atom stereocenters. The standard InChI is InChI=1S/C17H30N2O/c1-10(2)13-18-11(3)14(20)19(13)15-16(4,5)12-7-8-17(15,6)9-12/h10-13,15,18H,7-9H2,1-6H3. The van der Waals surface area contributed by atoms with E-state index in [1.807, 2.05) is 6.92 Å². The summed E-state index contributed by atoms with van der Waals surface area (Å²) in [6, 6.07) is 0.368. The van der Waals surface area contributed by atoms with Crippen LogP contribution in [0.5, 0.6) is 0 Å². The van der Waals surface area contributed by atoms with E-state index in [-0.39, 0.29) is 17.6 Å². The van der Waals surface area contributed by atoms with Crippen molar-refractivity contribution < 1.29 is 4.79 Å². The first-order chi connectivity index (χ1) is 9.18. The Labute approximate surface area is 123 Å². The number of nitrogens with zero attached hydrogens (tertiary/aromatic N) is 1. The highest BCUT2D eigenvalue weighted by atomic mass is 16.2. The molecule has 1 aliphatic heterocycles. The van der Waals surface area contributed by atoms with Crippen molar-refractivity contribution in [3.8, 4) is 0 Å². The van der Waals surface area contributed by atoms with Crippen LogP contribution < -0.4 is 5.32 Å². The third kappa shape index (κ3) is 1.71. The highest BCUT2D eigenvalue weighted by Crippen LogP contribution is 2.64. The largest absolute Gasteiger partial charge is 0.321 e. The third-order valence-electron chi connectivity index (χ3n) is 6.45. The minimum Gasteiger partial charge on any atom is -0.321 e. The van der Waals surface area contributed by atoms with Crippen LogP contribution >= 0.6 is 0 Å². The first-order valence-corrected chi connectivity index (χ1v) is 8.27. The lowest BCUT2D eigenvalue weighted by Crippen LogP contribution is -2.58. The van der Waals surface area contributed by atoms with Gasteiger partial charge in [-0.3, -0.25) is 10.1 Å². The lowest BCUT2D eigenvalue weighted by atomic mass is 9.67. The zero-order chi connectivity index (χ0) is 14.9. The monoisotopic (exact) mass is 278 g/mol. The third-order valence-corrected chi connectivity index (χ3v) is 6.45. The van der Waals surface area contributed by atoms with Gasteiger partial charge in [-0.05, 0) is 48.9 Å². The predicted molar refractivity (Wildman–Crippen MR) is 81.1 cm³/mol. The van der Waals surface area contributed by atoms with Crippen LogP contribution in [0.15, 0.2) is 0 Å². The van der Waals surface area contributed by atoms with Crippen LogP contribution in [0.25, 0.3) is 0 Å². The zero-order valence-corrected chi connectivity index (χ0v) is 13.9. The second-order valence-electron chi connectivity index (χ2n) is 8.64. The van der Waals surface area contributed by atoms with Gasteiger partial charge in [-0.2, -0.15) is 0 Å². The summed E-state index contributed by atoms with van der Waals surface area (Å²) in [5, 5.41) is 3.52. The average molecular weight is 278 g/mol. The van der Waals surface area contributed by atoms with E-state index in [1.54, 1.807) is 0 Å². The number of carbonyl (C=O) groups is 1. The summed E-state index contributed by atoms with van der Waals surface area (Å²) in [7, 11) is 0. The van der Waals surface area contributed by atoms with Crippen LogP contribution in [0.1, 0.15) is 60.8 Å². The van der Waals surface area contributed by atoms with Gasteiger partial charge < -0.3 is 4.90 Å². The van der Waals surface area contributed by atoms with Gasteiger partial charge in [0.15, 0.2) is 0 Å². The number of hydrogen-bond donors (Lipinski definition) is 1. The van der Waals surface area contributed by atoms with Crippen molar-refractivity contribution in [1.82, 2.24) is 10.2 Å². The number of amides is 1. The number of rotatable bonds is 2. The van der Waals surface area contributed by atoms with Gasteiger partial charge in [-0.15, -0.1) is 0 Å². The molecule has 2 aliphatic carbocycles. The van der Waals surface area contributed by atoms with E-state index in [4.69, 9.17) is 0 Å². The smallest absolute Gasteiger partial charge is 0.241 e. The molecule has 3 heteroatoms. The molecular formula is C17H30N2O. The molecule has 0 radical (unpaired) electrons. The summed E-state index contributed by atoms with van der Waals surface area (Å²) in [4.78, 5) is 15.0. The summed E-state index contributed by atoms with van der Waals surface area (Å²) in [6.45, 7) is 13.7. The summed E-state index contributed by atoms with van der Waals surface area (Å²) < 4.78 is 0. The SMILES string of the molecule is CC1NC(C(C)C)N(C2C3(C)CCC(C3)C2(C)C)C1=O. The molecule has 5 atom stereocenters. The van der Waals surface area contributed by atoms with Crippen LogP contribution in [0.3, 0.4) is 0 Å². The van der Waals surface area contributed by atoms with Crippen molar-refractivity contribution in [2.24, 2.45) is 22.7 Å². The van der Waals surface area contributed by atoms with E-state index >= 15 is 0 Å². The van der Waals surface area contributed by atoms with E-state index < -0.39 is 0 Å². The number of hydrogen-bond acceptors (Lipinski definition) is 2. The minimum absolute atomic E-state index is 0.0269. The molecule has 2 bridgehead atoms. The molecule has 0 aromatic carbocycles. The van der Waals surface area contributed by atoms with E-state index in [0.717, 1.165) is 5.92 Å². The zero-order valence-electron chi connectivity index (χ0n) is 13.9. The maximum absolute atomic E-state index is 12.8. The molecule has 3 fully saturated rings. The summed E-state index contributed by atoms with van der Waals surface area (Å²) in [6.07, 6.45) is 4.14. The predicted octanol–water partition coefficient (Wildman–Crippen LogP) is 3.00. The molecule has 1 saturated heterocycles. The molecule has 1 N–H and O–H groups in total. The second kappa shape index (κ2) is 4.22. The second-order valence-corrected chi connectivity index (χ2v) is 8.64. The van der Waals surface area contributed by atoms with Gasteiger partial charge in [0, 0.05) is 6.04 Å². The highest BCUT2D eigenvalue weighted by molar-refractivity contribution is 5.84. The van der Waals surface area contributed by atoms with Crippen LogP contribution in [0.2, 0.25) is 0 Å².